The molecule has 0 bridgehead atoms. The number of sulfonamides is 1. The van der Waals surface area contributed by atoms with Gasteiger partial charge in [0, 0.05) is 18.3 Å². The maximum absolute atomic E-state index is 12.4. The third-order valence-electron chi connectivity index (χ3n) is 3.83. The van der Waals surface area contributed by atoms with E-state index in [1.807, 2.05) is 12.1 Å². The van der Waals surface area contributed by atoms with Crippen LogP contribution in [0.1, 0.15) is 38.7 Å². The number of amides is 1. The molecule has 0 aliphatic carbocycles. The van der Waals surface area contributed by atoms with Crippen LogP contribution in [-0.4, -0.2) is 14.3 Å². The van der Waals surface area contributed by atoms with Gasteiger partial charge in [0.15, 0.2) is 0 Å². The summed E-state index contributed by atoms with van der Waals surface area (Å²) in [5.74, 6) is 0.223. The molecule has 1 amide bonds. The summed E-state index contributed by atoms with van der Waals surface area (Å²) in [6.45, 7) is 5.62. The molecule has 2 aromatic rings. The Balaban J connectivity index is 2.14. The first-order chi connectivity index (χ1) is 11.3. The molecular formula is C18H22N2O3S. The standard InChI is InChI=1S/C18H22N2O3S/c1-4-13(2)15-5-11-18(12-6-15)24(22,23)20-17-9-7-16(8-10-17)19-14(3)21/h5-13,20H,4H2,1-3H3,(H,19,21)/t13-/m1/s1. The van der Waals surface area contributed by atoms with Gasteiger partial charge in [-0.2, -0.15) is 0 Å². The Bertz CT molecular complexity index is 797. The van der Waals surface area contributed by atoms with Gasteiger partial charge in [-0.15, -0.1) is 0 Å². The summed E-state index contributed by atoms with van der Waals surface area (Å²) in [5, 5.41) is 2.63. The molecule has 2 aromatic carbocycles. The van der Waals surface area contributed by atoms with Crippen LogP contribution in [0.3, 0.4) is 0 Å². The molecule has 24 heavy (non-hydrogen) atoms. The van der Waals surface area contributed by atoms with E-state index >= 15 is 0 Å². The fourth-order valence-corrected chi connectivity index (χ4v) is 3.31. The fraction of sp³-hybridized carbons (Fsp3) is 0.278. The molecule has 2 N–H and O–H groups in total. The van der Waals surface area contributed by atoms with E-state index in [4.69, 9.17) is 0 Å². The van der Waals surface area contributed by atoms with Crippen LogP contribution in [0.25, 0.3) is 0 Å². The van der Waals surface area contributed by atoms with Crippen molar-refractivity contribution in [1.29, 1.82) is 0 Å². The third-order valence-corrected chi connectivity index (χ3v) is 5.23. The van der Waals surface area contributed by atoms with E-state index in [-0.39, 0.29) is 10.8 Å². The molecule has 0 aromatic heterocycles. The molecule has 1 atom stereocenters. The van der Waals surface area contributed by atoms with E-state index in [1.165, 1.54) is 6.92 Å². The lowest BCUT2D eigenvalue weighted by molar-refractivity contribution is -0.114. The van der Waals surface area contributed by atoms with Gasteiger partial charge in [-0.05, 0) is 54.3 Å². The summed E-state index contributed by atoms with van der Waals surface area (Å²) in [7, 11) is -3.64. The van der Waals surface area contributed by atoms with E-state index in [2.05, 4.69) is 23.9 Å². The maximum Gasteiger partial charge on any atom is 0.261 e. The van der Waals surface area contributed by atoms with Crippen molar-refractivity contribution in [3.05, 3.63) is 54.1 Å². The predicted octanol–water partition coefficient (Wildman–Crippen LogP) is 3.96. The Morgan fingerprint density at radius 3 is 2.04 bits per heavy atom. The summed E-state index contributed by atoms with van der Waals surface area (Å²) >= 11 is 0. The van der Waals surface area contributed by atoms with Gasteiger partial charge < -0.3 is 5.32 Å². The number of rotatable bonds is 6. The highest BCUT2D eigenvalue weighted by atomic mass is 32.2. The number of carbonyl (C=O) groups is 1. The topological polar surface area (TPSA) is 75.3 Å². The first kappa shape index (κ1) is 18.0. The summed E-state index contributed by atoms with van der Waals surface area (Å²) in [4.78, 5) is 11.2. The van der Waals surface area contributed by atoms with Gasteiger partial charge in [-0.3, -0.25) is 9.52 Å². The Morgan fingerprint density at radius 1 is 1.00 bits per heavy atom. The second-order valence-electron chi connectivity index (χ2n) is 5.74. The largest absolute Gasteiger partial charge is 0.326 e. The number of nitrogens with one attached hydrogen (secondary N) is 2. The van der Waals surface area contributed by atoms with Gasteiger partial charge in [0.25, 0.3) is 10.0 Å². The molecule has 0 saturated heterocycles. The quantitative estimate of drug-likeness (QED) is 0.831. The summed E-state index contributed by atoms with van der Waals surface area (Å²) < 4.78 is 27.4. The molecule has 0 heterocycles. The van der Waals surface area contributed by atoms with Crippen molar-refractivity contribution in [2.24, 2.45) is 0 Å². The van der Waals surface area contributed by atoms with Crippen LogP contribution in [-0.2, 0) is 14.8 Å². The Morgan fingerprint density at radius 2 is 1.54 bits per heavy atom. The normalized spacial score (nSPS) is 12.5. The number of hydrogen-bond donors (Lipinski definition) is 2. The van der Waals surface area contributed by atoms with E-state index in [1.54, 1.807) is 36.4 Å². The van der Waals surface area contributed by atoms with Crippen LogP contribution in [0, 0.1) is 0 Å². The van der Waals surface area contributed by atoms with Crippen molar-refractivity contribution in [3.8, 4) is 0 Å². The Hall–Kier alpha value is -2.34. The highest BCUT2D eigenvalue weighted by molar-refractivity contribution is 7.92. The highest BCUT2D eigenvalue weighted by Crippen LogP contribution is 2.22. The molecule has 0 aliphatic heterocycles. The average Bonchev–Trinajstić information content (AvgIpc) is 2.55. The van der Waals surface area contributed by atoms with Crippen molar-refractivity contribution in [3.63, 3.8) is 0 Å². The average molecular weight is 346 g/mol. The minimum Gasteiger partial charge on any atom is -0.326 e. The van der Waals surface area contributed by atoms with Crippen LogP contribution in [0.4, 0.5) is 11.4 Å². The van der Waals surface area contributed by atoms with Crippen molar-refractivity contribution in [2.75, 3.05) is 10.0 Å². The van der Waals surface area contributed by atoms with E-state index in [0.717, 1.165) is 12.0 Å². The zero-order chi connectivity index (χ0) is 17.7. The summed E-state index contributed by atoms with van der Waals surface area (Å²) in [5.41, 5.74) is 2.18. The number of benzene rings is 2. The smallest absolute Gasteiger partial charge is 0.261 e. The predicted molar refractivity (Wildman–Crippen MR) is 96.7 cm³/mol. The van der Waals surface area contributed by atoms with Crippen molar-refractivity contribution in [1.82, 2.24) is 0 Å². The number of hydrogen-bond acceptors (Lipinski definition) is 3. The Labute approximate surface area is 143 Å². The van der Waals surface area contributed by atoms with Gasteiger partial charge in [0.05, 0.1) is 4.90 Å². The summed E-state index contributed by atoms with van der Waals surface area (Å²) in [6.07, 6.45) is 1.00. The molecule has 0 spiro atoms. The van der Waals surface area contributed by atoms with Crippen molar-refractivity contribution < 1.29 is 13.2 Å². The molecule has 0 radical (unpaired) electrons. The lowest BCUT2D eigenvalue weighted by atomic mass is 9.99. The monoisotopic (exact) mass is 346 g/mol. The molecule has 0 saturated carbocycles. The van der Waals surface area contributed by atoms with Gasteiger partial charge in [-0.25, -0.2) is 8.42 Å². The zero-order valence-electron chi connectivity index (χ0n) is 14.0. The minimum absolute atomic E-state index is 0.176. The number of carbonyl (C=O) groups excluding carboxylic acids is 1. The van der Waals surface area contributed by atoms with E-state index in [9.17, 15) is 13.2 Å². The van der Waals surface area contributed by atoms with E-state index < -0.39 is 10.0 Å². The van der Waals surface area contributed by atoms with Gasteiger partial charge >= 0.3 is 0 Å². The van der Waals surface area contributed by atoms with Gasteiger partial charge in [0.2, 0.25) is 5.91 Å². The lowest BCUT2D eigenvalue weighted by Crippen LogP contribution is -2.13. The highest BCUT2D eigenvalue weighted by Gasteiger charge is 2.14. The number of anilines is 2. The molecular weight excluding hydrogens is 324 g/mol. The molecule has 2 rings (SSSR count). The molecule has 0 aliphatic rings. The molecule has 0 unspecified atom stereocenters. The van der Waals surface area contributed by atoms with Crippen LogP contribution < -0.4 is 10.0 Å². The molecule has 6 heteroatoms. The molecule has 5 nitrogen and oxygen atoms in total. The van der Waals surface area contributed by atoms with Crippen molar-refractivity contribution >= 4 is 27.3 Å². The second-order valence-corrected chi connectivity index (χ2v) is 7.42. The fourth-order valence-electron chi connectivity index (χ4n) is 2.25. The molecule has 128 valence electrons. The first-order valence-electron chi connectivity index (χ1n) is 7.82. The summed E-state index contributed by atoms with van der Waals surface area (Å²) in [6, 6.07) is 13.4. The van der Waals surface area contributed by atoms with Crippen LogP contribution in [0.15, 0.2) is 53.4 Å². The SMILES string of the molecule is CC[C@@H](C)c1ccc(S(=O)(=O)Nc2ccc(NC(C)=O)cc2)cc1. The first-order valence-corrected chi connectivity index (χ1v) is 9.30. The molecule has 0 fully saturated rings. The van der Waals surface area contributed by atoms with Gasteiger partial charge in [0.1, 0.15) is 0 Å². The van der Waals surface area contributed by atoms with E-state index in [0.29, 0.717) is 17.3 Å². The van der Waals surface area contributed by atoms with Crippen LogP contribution in [0.5, 0.6) is 0 Å². The lowest BCUT2D eigenvalue weighted by Gasteiger charge is -2.12. The Kier molecular flexibility index (Phi) is 5.62. The van der Waals surface area contributed by atoms with Gasteiger partial charge in [-0.1, -0.05) is 26.0 Å². The minimum atomic E-state index is -3.64. The third kappa shape index (κ3) is 4.58. The zero-order valence-corrected chi connectivity index (χ0v) is 14.9. The maximum atomic E-state index is 12.4. The van der Waals surface area contributed by atoms with Crippen LogP contribution >= 0.6 is 0 Å². The van der Waals surface area contributed by atoms with Crippen molar-refractivity contribution in [2.45, 2.75) is 38.0 Å². The van der Waals surface area contributed by atoms with Crippen LogP contribution in [0.2, 0.25) is 0 Å². The second kappa shape index (κ2) is 7.49.